The van der Waals surface area contributed by atoms with Crippen molar-refractivity contribution < 1.29 is 9.59 Å². The van der Waals surface area contributed by atoms with Gasteiger partial charge in [-0.1, -0.05) is 23.2 Å². The van der Waals surface area contributed by atoms with Crippen LogP contribution in [-0.4, -0.2) is 40.4 Å². The lowest BCUT2D eigenvalue weighted by Crippen LogP contribution is -2.49. The Morgan fingerprint density at radius 3 is 2.82 bits per heavy atom. The highest BCUT2D eigenvalue weighted by atomic mass is 35.5. The van der Waals surface area contributed by atoms with Gasteiger partial charge in [0.25, 0.3) is 0 Å². The molecule has 0 unspecified atom stereocenters. The fourth-order valence-corrected chi connectivity index (χ4v) is 5.14. The number of halogens is 4. The van der Waals surface area contributed by atoms with E-state index in [1.54, 1.807) is 30.7 Å². The van der Waals surface area contributed by atoms with Gasteiger partial charge in [0, 0.05) is 29.2 Å². The number of nitrogens with zero attached hydrogens (tertiary/aromatic N) is 1. The summed E-state index contributed by atoms with van der Waals surface area (Å²) in [6.07, 6.45) is 4.99. The summed E-state index contributed by atoms with van der Waals surface area (Å²) in [6.45, 7) is 2.75. The Bertz CT molecular complexity index is 1110. The predicted octanol–water partition coefficient (Wildman–Crippen LogP) is 4.12. The van der Waals surface area contributed by atoms with Crippen molar-refractivity contribution in [1.82, 2.24) is 25.9 Å². The molecule has 0 saturated carbocycles. The molecule has 7 nitrogen and oxygen atoms in total. The molecule has 0 spiro atoms. The molecule has 3 atom stereocenters. The van der Waals surface area contributed by atoms with E-state index < -0.39 is 6.04 Å². The number of aromatic amines is 1. The van der Waals surface area contributed by atoms with E-state index in [4.69, 9.17) is 23.2 Å². The van der Waals surface area contributed by atoms with E-state index >= 15 is 0 Å². The number of hydrogen-bond acceptors (Lipinski definition) is 5. The molecule has 1 aliphatic heterocycles. The summed E-state index contributed by atoms with van der Waals surface area (Å²) in [5.74, 6) is -0.0368. The summed E-state index contributed by atoms with van der Waals surface area (Å²) >= 11 is 13.7. The van der Waals surface area contributed by atoms with Crippen LogP contribution in [-0.2, 0) is 22.6 Å². The first-order valence-corrected chi connectivity index (χ1v) is 11.6. The van der Waals surface area contributed by atoms with Crippen molar-refractivity contribution >= 4 is 82.2 Å². The molecular formula is C21H25Cl4N5O2S. The van der Waals surface area contributed by atoms with Gasteiger partial charge in [0.05, 0.1) is 15.4 Å². The minimum Gasteiger partial charge on any atom is -0.350 e. The molecule has 3 aromatic heterocycles. The molecule has 0 aliphatic carbocycles. The highest BCUT2D eigenvalue weighted by molar-refractivity contribution is 7.16. The standard InChI is InChI=1S/C21H23Cl2N5O2S.2ClH/c1-11(20(29)27-9-13-5-15-16(22)10-26-19(15)25-8-13)28-21(30)17-6-12(7-24-17)4-14-2-3-18(23)31-14;;/h2-3,5,8,10-12,17,24H,4,6-7,9H2,1H3,(H,25,26)(H,27,29)(H,28,30);2*1H/t11-,12-,17+;;/m0../s1. The summed E-state index contributed by atoms with van der Waals surface area (Å²) < 4.78 is 0.780. The Kier molecular flexibility index (Phi) is 10.3. The molecule has 12 heteroatoms. The van der Waals surface area contributed by atoms with E-state index in [9.17, 15) is 9.59 Å². The van der Waals surface area contributed by atoms with Gasteiger partial charge >= 0.3 is 0 Å². The van der Waals surface area contributed by atoms with Crippen LogP contribution in [0.15, 0.2) is 30.6 Å². The van der Waals surface area contributed by atoms with Crippen molar-refractivity contribution in [3.8, 4) is 0 Å². The molecule has 4 rings (SSSR count). The smallest absolute Gasteiger partial charge is 0.242 e. The summed E-state index contributed by atoms with van der Waals surface area (Å²) in [7, 11) is 0. The van der Waals surface area contributed by atoms with Crippen LogP contribution in [0, 0.1) is 5.92 Å². The number of hydrogen-bond donors (Lipinski definition) is 4. The van der Waals surface area contributed by atoms with Crippen LogP contribution in [0.1, 0.15) is 23.8 Å². The van der Waals surface area contributed by atoms with Gasteiger partial charge in [-0.05, 0) is 56.0 Å². The van der Waals surface area contributed by atoms with Crippen molar-refractivity contribution in [2.24, 2.45) is 5.92 Å². The number of pyridine rings is 1. The quantitative estimate of drug-likeness (QED) is 0.354. The van der Waals surface area contributed by atoms with Gasteiger partial charge in [-0.15, -0.1) is 36.2 Å². The first-order chi connectivity index (χ1) is 14.9. The van der Waals surface area contributed by atoms with Gasteiger partial charge < -0.3 is 20.9 Å². The topological polar surface area (TPSA) is 98.9 Å². The normalized spacial score (nSPS) is 18.3. The lowest BCUT2D eigenvalue weighted by Gasteiger charge is -2.17. The zero-order valence-corrected chi connectivity index (χ0v) is 21.7. The van der Waals surface area contributed by atoms with Gasteiger partial charge in [0.1, 0.15) is 11.7 Å². The number of nitrogens with one attached hydrogen (secondary N) is 4. The second-order valence-corrected chi connectivity index (χ2v) is 10.0. The average Bonchev–Trinajstić information content (AvgIpc) is 3.47. The molecule has 1 aliphatic rings. The summed E-state index contributed by atoms with van der Waals surface area (Å²) in [5, 5.41) is 10.3. The Morgan fingerprint density at radius 1 is 1.30 bits per heavy atom. The highest BCUT2D eigenvalue weighted by Gasteiger charge is 2.31. The second-order valence-electron chi connectivity index (χ2n) is 7.80. The van der Waals surface area contributed by atoms with Crippen LogP contribution in [0.2, 0.25) is 9.36 Å². The van der Waals surface area contributed by atoms with Crippen LogP contribution in [0.3, 0.4) is 0 Å². The van der Waals surface area contributed by atoms with Crippen LogP contribution >= 0.6 is 59.4 Å². The Hall–Kier alpha value is -1.55. The Morgan fingerprint density at radius 2 is 2.09 bits per heavy atom. The average molecular weight is 553 g/mol. The number of carbonyl (C=O) groups excluding carboxylic acids is 2. The molecule has 33 heavy (non-hydrogen) atoms. The van der Waals surface area contributed by atoms with E-state index in [0.29, 0.717) is 23.1 Å². The fourth-order valence-electron chi connectivity index (χ4n) is 3.74. The third kappa shape index (κ3) is 6.97. The maximum Gasteiger partial charge on any atom is 0.242 e. The highest BCUT2D eigenvalue weighted by Crippen LogP contribution is 2.27. The van der Waals surface area contributed by atoms with E-state index in [1.807, 2.05) is 18.2 Å². The molecule has 3 aromatic rings. The number of aromatic nitrogens is 2. The largest absolute Gasteiger partial charge is 0.350 e. The maximum atomic E-state index is 12.6. The van der Waals surface area contributed by atoms with Gasteiger partial charge in [-0.2, -0.15) is 0 Å². The van der Waals surface area contributed by atoms with Gasteiger partial charge in [0.2, 0.25) is 11.8 Å². The number of carbonyl (C=O) groups is 2. The molecule has 180 valence electrons. The molecule has 4 N–H and O–H groups in total. The van der Waals surface area contributed by atoms with Gasteiger partial charge in [-0.25, -0.2) is 4.98 Å². The predicted molar refractivity (Wildman–Crippen MR) is 138 cm³/mol. The molecule has 0 bridgehead atoms. The second kappa shape index (κ2) is 12.2. The molecule has 2 amide bonds. The van der Waals surface area contributed by atoms with Crippen molar-refractivity contribution in [1.29, 1.82) is 0 Å². The first-order valence-electron chi connectivity index (χ1n) is 10.1. The molecule has 0 aromatic carbocycles. The fraction of sp³-hybridized carbons (Fsp3) is 0.381. The SMILES string of the molecule is C[C@H](NC(=O)[C@H]1C[C@H](Cc2ccc(Cl)s2)CN1)C(=O)NCc1cnc2[nH]cc(Cl)c2c1.Cl.Cl. The van der Waals surface area contributed by atoms with E-state index in [-0.39, 0.29) is 42.7 Å². The third-order valence-corrected chi connectivity index (χ3v) is 6.98. The number of thiophene rings is 1. The van der Waals surface area contributed by atoms with Crippen molar-refractivity contribution in [2.45, 2.75) is 38.4 Å². The van der Waals surface area contributed by atoms with E-state index in [2.05, 4.69) is 25.9 Å². The number of rotatable bonds is 7. The monoisotopic (exact) mass is 551 g/mol. The Labute approximate surface area is 218 Å². The molecule has 1 saturated heterocycles. The van der Waals surface area contributed by atoms with Gasteiger partial charge in [-0.3, -0.25) is 9.59 Å². The Balaban J connectivity index is 0.00000193. The van der Waals surface area contributed by atoms with E-state index in [0.717, 1.165) is 34.7 Å². The van der Waals surface area contributed by atoms with E-state index in [1.165, 1.54) is 4.88 Å². The van der Waals surface area contributed by atoms with Crippen LogP contribution < -0.4 is 16.0 Å². The molecule has 1 fully saturated rings. The molecule has 0 radical (unpaired) electrons. The lowest BCUT2D eigenvalue weighted by molar-refractivity contribution is -0.129. The zero-order valence-electron chi connectivity index (χ0n) is 17.7. The maximum absolute atomic E-state index is 12.6. The number of H-pyrrole nitrogens is 1. The minimum absolute atomic E-state index is 0. The summed E-state index contributed by atoms with van der Waals surface area (Å²) in [5.41, 5.74) is 1.53. The molecule has 4 heterocycles. The zero-order chi connectivity index (χ0) is 22.0. The number of fused-ring (bicyclic) bond motifs is 1. The third-order valence-electron chi connectivity index (χ3n) is 5.41. The van der Waals surface area contributed by atoms with Gasteiger partial charge in [0.15, 0.2) is 0 Å². The summed E-state index contributed by atoms with van der Waals surface area (Å²) in [6, 6.07) is 4.88. The van der Waals surface area contributed by atoms with Crippen molar-refractivity contribution in [2.75, 3.05) is 6.54 Å². The van der Waals surface area contributed by atoms with Crippen LogP contribution in [0.4, 0.5) is 0 Å². The van der Waals surface area contributed by atoms with Crippen molar-refractivity contribution in [3.05, 3.63) is 50.4 Å². The first kappa shape index (κ1) is 27.7. The van der Waals surface area contributed by atoms with Crippen LogP contribution in [0.5, 0.6) is 0 Å². The minimum atomic E-state index is -0.642. The lowest BCUT2D eigenvalue weighted by atomic mass is 10.0. The summed E-state index contributed by atoms with van der Waals surface area (Å²) in [4.78, 5) is 33.5. The molecular weight excluding hydrogens is 528 g/mol. The number of amides is 2. The van der Waals surface area contributed by atoms with Crippen molar-refractivity contribution in [3.63, 3.8) is 0 Å². The van der Waals surface area contributed by atoms with Crippen LogP contribution in [0.25, 0.3) is 11.0 Å².